The summed E-state index contributed by atoms with van der Waals surface area (Å²) in [4.78, 5) is 26.8. The molecule has 0 aliphatic carbocycles. The zero-order valence-electron chi connectivity index (χ0n) is 21.7. The van der Waals surface area contributed by atoms with E-state index in [1.54, 1.807) is 20.4 Å². The van der Waals surface area contributed by atoms with Gasteiger partial charge >= 0.3 is 0 Å². The number of carbonyl (C=O) groups is 1. The number of likely N-dealkylation sites (N-methyl/N-ethyl adjacent to an activating group) is 1. The van der Waals surface area contributed by atoms with E-state index in [1.807, 2.05) is 30.3 Å². The number of amides is 1. The molecule has 194 valence electrons. The highest BCUT2D eigenvalue weighted by Gasteiger charge is 2.30. The Morgan fingerprint density at radius 1 is 1.03 bits per heavy atom. The molecular formula is C28H34N6O3. The van der Waals surface area contributed by atoms with E-state index in [1.165, 1.54) is 0 Å². The lowest BCUT2D eigenvalue weighted by molar-refractivity contribution is -0.125. The van der Waals surface area contributed by atoms with Crippen molar-refractivity contribution in [1.82, 2.24) is 25.1 Å². The van der Waals surface area contributed by atoms with Crippen molar-refractivity contribution in [1.29, 1.82) is 0 Å². The SMILES string of the molecule is COc1cc2cc(c1)Nc1nccc(n1)-c1ccc(OC)c(c1)CN(C)CCNC(=O)[C@@H]1CCCN1C2. The molecule has 0 unspecified atom stereocenters. The fourth-order valence-corrected chi connectivity index (χ4v) is 5.12. The lowest BCUT2D eigenvalue weighted by Gasteiger charge is -2.25. The molecule has 9 nitrogen and oxygen atoms in total. The van der Waals surface area contributed by atoms with Crippen LogP contribution in [0.2, 0.25) is 0 Å². The highest BCUT2D eigenvalue weighted by atomic mass is 16.5. The molecule has 6 bridgehead atoms. The Morgan fingerprint density at radius 3 is 2.76 bits per heavy atom. The Morgan fingerprint density at radius 2 is 1.92 bits per heavy atom. The van der Waals surface area contributed by atoms with Gasteiger partial charge in [-0.05, 0) is 68.4 Å². The molecule has 3 aromatic rings. The summed E-state index contributed by atoms with van der Waals surface area (Å²) in [6.45, 7) is 3.55. The van der Waals surface area contributed by atoms with Crippen molar-refractivity contribution >= 4 is 17.5 Å². The summed E-state index contributed by atoms with van der Waals surface area (Å²) in [5.74, 6) is 2.16. The second-order valence-corrected chi connectivity index (χ2v) is 9.64. The van der Waals surface area contributed by atoms with Crippen LogP contribution in [0.3, 0.4) is 0 Å². The predicted octanol–water partition coefficient (Wildman–Crippen LogP) is 3.43. The number of hydrogen-bond donors (Lipinski definition) is 2. The second-order valence-electron chi connectivity index (χ2n) is 9.64. The van der Waals surface area contributed by atoms with E-state index in [2.05, 4.69) is 44.6 Å². The molecule has 3 heterocycles. The van der Waals surface area contributed by atoms with Gasteiger partial charge in [-0.1, -0.05) is 0 Å². The molecule has 9 heteroatoms. The average molecular weight is 503 g/mol. The third-order valence-corrected chi connectivity index (χ3v) is 6.97. The summed E-state index contributed by atoms with van der Waals surface area (Å²) in [5, 5.41) is 6.50. The molecule has 0 spiro atoms. The Balaban J connectivity index is 1.53. The number of fused-ring (bicyclic) bond motifs is 8. The summed E-state index contributed by atoms with van der Waals surface area (Å²) in [7, 11) is 5.39. The van der Waals surface area contributed by atoms with Crippen LogP contribution in [0.5, 0.6) is 11.5 Å². The number of rotatable bonds is 2. The number of nitrogens with one attached hydrogen (secondary N) is 2. The number of benzene rings is 2. The molecule has 0 radical (unpaired) electrons. The van der Waals surface area contributed by atoms with Crippen molar-refractivity contribution < 1.29 is 14.3 Å². The third kappa shape index (κ3) is 5.84. The van der Waals surface area contributed by atoms with Crippen LogP contribution in [0, 0.1) is 0 Å². The van der Waals surface area contributed by atoms with E-state index in [9.17, 15) is 4.79 Å². The Labute approximate surface area is 217 Å². The van der Waals surface area contributed by atoms with Crippen molar-refractivity contribution in [2.75, 3.05) is 46.2 Å². The summed E-state index contributed by atoms with van der Waals surface area (Å²) >= 11 is 0. The number of carbonyl (C=O) groups excluding carboxylic acids is 1. The van der Waals surface area contributed by atoms with Gasteiger partial charge in [-0.3, -0.25) is 9.69 Å². The van der Waals surface area contributed by atoms with Gasteiger partial charge in [0.15, 0.2) is 0 Å². The van der Waals surface area contributed by atoms with Crippen LogP contribution in [0.15, 0.2) is 48.7 Å². The maximum Gasteiger partial charge on any atom is 0.237 e. The normalized spacial score (nSPS) is 19.0. The van der Waals surface area contributed by atoms with Crippen LogP contribution in [0.1, 0.15) is 24.0 Å². The predicted molar refractivity (Wildman–Crippen MR) is 143 cm³/mol. The van der Waals surface area contributed by atoms with Gasteiger partial charge in [-0.15, -0.1) is 0 Å². The minimum absolute atomic E-state index is 0.0917. The van der Waals surface area contributed by atoms with Crippen molar-refractivity contribution in [3.05, 3.63) is 59.8 Å². The zero-order valence-corrected chi connectivity index (χ0v) is 21.7. The Bertz CT molecular complexity index is 1270. The molecule has 1 atom stereocenters. The average Bonchev–Trinajstić information content (AvgIpc) is 3.36. The Kier molecular flexibility index (Phi) is 7.52. The van der Waals surface area contributed by atoms with Gasteiger partial charge in [-0.2, -0.15) is 0 Å². The molecule has 0 saturated carbocycles. The zero-order chi connectivity index (χ0) is 25.8. The van der Waals surface area contributed by atoms with Crippen molar-refractivity contribution in [3.63, 3.8) is 0 Å². The molecule has 37 heavy (non-hydrogen) atoms. The first-order valence-electron chi connectivity index (χ1n) is 12.7. The van der Waals surface area contributed by atoms with Crippen LogP contribution in [0.25, 0.3) is 11.3 Å². The summed E-state index contributed by atoms with van der Waals surface area (Å²) < 4.78 is 11.2. The van der Waals surface area contributed by atoms with Gasteiger partial charge in [-0.25, -0.2) is 9.97 Å². The lowest BCUT2D eigenvalue weighted by atomic mass is 10.1. The number of aromatic nitrogens is 2. The minimum atomic E-state index is -0.133. The standard InChI is InChI=1S/C28H34N6O3/c1-33-12-10-29-27(35)25-5-4-11-34(25)17-19-13-22(16-23(14-19)36-2)31-28-30-9-8-24(32-28)20-6-7-26(37-3)21(15-20)18-33/h6-9,13-16,25H,4-5,10-12,17-18H2,1-3H3,(H,29,35)(H,30,31,32)/t25-/m0/s1. The minimum Gasteiger partial charge on any atom is -0.497 e. The molecule has 1 fully saturated rings. The van der Waals surface area contributed by atoms with Gasteiger partial charge in [0.05, 0.1) is 26.0 Å². The van der Waals surface area contributed by atoms with E-state index < -0.39 is 0 Å². The number of anilines is 2. The molecule has 1 amide bonds. The molecule has 5 rings (SSSR count). The summed E-state index contributed by atoms with van der Waals surface area (Å²) in [5.41, 5.74) is 4.75. The quantitative estimate of drug-likeness (QED) is 0.551. The molecule has 1 saturated heterocycles. The number of ether oxygens (including phenoxy) is 2. The van der Waals surface area contributed by atoms with E-state index >= 15 is 0 Å². The van der Waals surface area contributed by atoms with Crippen molar-refractivity contribution in [3.8, 4) is 22.8 Å². The first-order chi connectivity index (χ1) is 18.0. The van der Waals surface area contributed by atoms with E-state index in [0.717, 1.165) is 65.5 Å². The van der Waals surface area contributed by atoms with Crippen LogP contribution in [0.4, 0.5) is 11.6 Å². The summed E-state index contributed by atoms with van der Waals surface area (Å²) in [6.07, 6.45) is 3.63. The largest absolute Gasteiger partial charge is 0.497 e. The van der Waals surface area contributed by atoms with Crippen LogP contribution in [-0.4, -0.2) is 72.6 Å². The van der Waals surface area contributed by atoms with E-state index in [-0.39, 0.29) is 11.9 Å². The van der Waals surface area contributed by atoms with Gasteiger partial charge in [0.2, 0.25) is 11.9 Å². The highest BCUT2D eigenvalue weighted by Crippen LogP contribution is 2.29. The molecule has 1 aromatic heterocycles. The molecular weight excluding hydrogens is 468 g/mol. The number of hydrogen-bond acceptors (Lipinski definition) is 8. The van der Waals surface area contributed by atoms with Gasteiger partial charge in [0, 0.05) is 55.3 Å². The lowest BCUT2D eigenvalue weighted by Crippen LogP contribution is -2.44. The maximum absolute atomic E-state index is 13.1. The molecule has 2 N–H and O–H groups in total. The molecule has 2 aliphatic rings. The van der Waals surface area contributed by atoms with Gasteiger partial charge in [0.1, 0.15) is 11.5 Å². The van der Waals surface area contributed by atoms with Gasteiger partial charge in [0.25, 0.3) is 0 Å². The van der Waals surface area contributed by atoms with E-state index in [4.69, 9.17) is 14.5 Å². The van der Waals surface area contributed by atoms with Crippen LogP contribution in [-0.2, 0) is 17.9 Å². The first-order valence-corrected chi connectivity index (χ1v) is 12.7. The highest BCUT2D eigenvalue weighted by molar-refractivity contribution is 5.82. The van der Waals surface area contributed by atoms with E-state index in [0.29, 0.717) is 25.6 Å². The van der Waals surface area contributed by atoms with Crippen LogP contribution < -0.4 is 20.1 Å². The van der Waals surface area contributed by atoms with Crippen molar-refractivity contribution in [2.24, 2.45) is 0 Å². The number of methoxy groups -OCH3 is 2. The third-order valence-electron chi connectivity index (χ3n) is 6.97. The molecule has 2 aliphatic heterocycles. The monoisotopic (exact) mass is 502 g/mol. The first kappa shape index (κ1) is 25.0. The van der Waals surface area contributed by atoms with Gasteiger partial charge < -0.3 is 25.0 Å². The number of nitrogens with zero attached hydrogens (tertiary/aromatic N) is 4. The fraction of sp³-hybridized carbons (Fsp3) is 0.393. The second kappa shape index (κ2) is 11.1. The van der Waals surface area contributed by atoms with Crippen LogP contribution >= 0.6 is 0 Å². The fourth-order valence-electron chi connectivity index (χ4n) is 5.12. The van der Waals surface area contributed by atoms with Crippen molar-refractivity contribution in [2.45, 2.75) is 32.0 Å². The molecule has 2 aromatic carbocycles. The topological polar surface area (TPSA) is 91.8 Å². The maximum atomic E-state index is 13.1. The smallest absolute Gasteiger partial charge is 0.237 e. The Hall–Kier alpha value is -3.69. The summed E-state index contributed by atoms with van der Waals surface area (Å²) in [6, 6.07) is 13.9.